The lowest BCUT2D eigenvalue weighted by atomic mass is 9.62. The number of fused-ring (bicyclic) bond motifs is 2. The quantitative estimate of drug-likeness (QED) is 0.175. The fraction of sp³-hybridized carbons (Fsp3) is 0.800. The summed E-state index contributed by atoms with van der Waals surface area (Å²) in [6.07, 6.45) is 10.8. The normalized spacial score (nSPS) is 44.5. The van der Waals surface area contributed by atoms with Gasteiger partial charge in [-0.2, -0.15) is 0 Å². The number of unbranched alkanes of at least 4 members (excludes halogenated alkanes) is 6. The number of hydrogen-bond donors (Lipinski definition) is 3. The highest BCUT2D eigenvalue weighted by atomic mass is 16.7. The van der Waals surface area contributed by atoms with Crippen molar-refractivity contribution in [1.29, 1.82) is 0 Å². The van der Waals surface area contributed by atoms with Gasteiger partial charge in [-0.3, -0.25) is 9.59 Å². The maximum atomic E-state index is 13.2. The molecule has 7 nitrogen and oxygen atoms in total. The summed E-state index contributed by atoms with van der Waals surface area (Å²) in [4.78, 5) is 26.2. The predicted octanol–water partition coefficient (Wildman–Crippen LogP) is 3.78. The van der Waals surface area contributed by atoms with Gasteiger partial charge in [-0.25, -0.2) is 0 Å². The molecule has 3 N–H and O–H groups in total. The largest absolute Gasteiger partial charge is 0.459 e. The van der Waals surface area contributed by atoms with Crippen molar-refractivity contribution in [3.63, 3.8) is 0 Å². The third-order valence-corrected chi connectivity index (χ3v) is 10.6. The fourth-order valence-electron chi connectivity index (χ4n) is 8.56. The molecule has 37 heavy (non-hydrogen) atoms. The van der Waals surface area contributed by atoms with Crippen molar-refractivity contribution < 1.29 is 34.4 Å². The Balaban J connectivity index is 1.41. The molecule has 206 valence electrons. The highest BCUT2D eigenvalue weighted by Gasteiger charge is 2.95. The Morgan fingerprint density at radius 1 is 1.14 bits per heavy atom. The van der Waals surface area contributed by atoms with Gasteiger partial charge in [0.1, 0.15) is 17.3 Å². The number of ketones is 1. The van der Waals surface area contributed by atoms with Crippen LogP contribution in [0.15, 0.2) is 23.3 Å². The van der Waals surface area contributed by atoms with Gasteiger partial charge < -0.3 is 24.8 Å². The number of ether oxygens (including phenoxy) is 2. The summed E-state index contributed by atoms with van der Waals surface area (Å²) in [5.74, 6) is -1.84. The molecule has 0 bridgehead atoms. The fourth-order valence-corrected chi connectivity index (χ4v) is 8.56. The third-order valence-electron chi connectivity index (χ3n) is 10.6. The number of carbonyl (C=O) groups excluding carboxylic acids is 2. The minimum atomic E-state index is -1.82. The van der Waals surface area contributed by atoms with Crippen LogP contribution < -0.4 is 0 Å². The van der Waals surface area contributed by atoms with Gasteiger partial charge in [0.25, 0.3) is 0 Å². The van der Waals surface area contributed by atoms with Crippen molar-refractivity contribution >= 4 is 11.8 Å². The molecular formula is C30H44O7. The average Bonchev–Trinajstić information content (AvgIpc) is 3.64. The van der Waals surface area contributed by atoms with Crippen LogP contribution in [0.4, 0.5) is 0 Å². The Morgan fingerprint density at radius 3 is 2.43 bits per heavy atom. The molecule has 2 spiro atoms. The molecule has 0 radical (unpaired) electrons. The molecule has 0 amide bonds. The second-order valence-electron chi connectivity index (χ2n) is 12.9. The van der Waals surface area contributed by atoms with E-state index in [-0.39, 0.29) is 36.6 Å². The van der Waals surface area contributed by atoms with Crippen molar-refractivity contribution in [2.75, 3.05) is 6.61 Å². The summed E-state index contributed by atoms with van der Waals surface area (Å²) < 4.78 is 12.6. The Hall–Kier alpha value is -1.54. The van der Waals surface area contributed by atoms with E-state index in [1.165, 1.54) is 25.7 Å². The highest BCUT2D eigenvalue weighted by Crippen LogP contribution is 2.81. The summed E-state index contributed by atoms with van der Waals surface area (Å²) in [5, 5.41) is 33.9. The standard InChI is InChI=1S/C30H44O7/c1-6-7-8-9-10-11-12-13-22(32)36-25-19(3)30-21(23-26(4,5)29(23,25)35)14-20(17-31)16-27(34)24(33)18(2)15-28(27,30)37-30/h14-15,19,21,23,25,31,34-35H,6-13,16-17H2,1-5H3/t19-,21+,23+,25-,27+,28+,29-,30-/m1/s1. The van der Waals surface area contributed by atoms with Gasteiger partial charge in [0, 0.05) is 36.0 Å². The molecule has 0 unspecified atom stereocenters. The molecule has 2 saturated carbocycles. The number of aliphatic hydroxyl groups excluding tert-OH is 1. The van der Waals surface area contributed by atoms with Crippen molar-refractivity contribution in [3.05, 3.63) is 23.3 Å². The van der Waals surface area contributed by atoms with Gasteiger partial charge >= 0.3 is 5.97 Å². The maximum Gasteiger partial charge on any atom is 0.306 e. The zero-order chi connectivity index (χ0) is 27.0. The lowest BCUT2D eigenvalue weighted by molar-refractivity contribution is -0.175. The first-order chi connectivity index (χ1) is 17.4. The first kappa shape index (κ1) is 27.0. The van der Waals surface area contributed by atoms with Crippen LogP contribution >= 0.6 is 0 Å². The summed E-state index contributed by atoms with van der Waals surface area (Å²) in [7, 11) is 0. The lowest BCUT2D eigenvalue weighted by Crippen LogP contribution is -2.60. The Labute approximate surface area is 220 Å². The number of carbonyl (C=O) groups is 2. The minimum absolute atomic E-state index is 0.0184. The van der Waals surface area contributed by atoms with E-state index in [2.05, 4.69) is 6.92 Å². The molecule has 3 fully saturated rings. The van der Waals surface area contributed by atoms with Crippen LogP contribution in [0.25, 0.3) is 0 Å². The molecule has 1 aliphatic heterocycles. The van der Waals surface area contributed by atoms with Crippen LogP contribution in [0.1, 0.15) is 92.4 Å². The molecule has 1 heterocycles. The Kier molecular flexibility index (Phi) is 6.38. The van der Waals surface area contributed by atoms with E-state index in [0.29, 0.717) is 17.6 Å². The third kappa shape index (κ3) is 3.33. The monoisotopic (exact) mass is 516 g/mol. The molecule has 7 heteroatoms. The molecule has 4 aliphatic carbocycles. The number of esters is 1. The van der Waals surface area contributed by atoms with Crippen molar-refractivity contribution in [3.8, 4) is 0 Å². The van der Waals surface area contributed by atoms with Crippen molar-refractivity contribution in [1.82, 2.24) is 0 Å². The predicted molar refractivity (Wildman–Crippen MR) is 137 cm³/mol. The first-order valence-corrected chi connectivity index (χ1v) is 14.3. The highest BCUT2D eigenvalue weighted by molar-refractivity contribution is 6.07. The van der Waals surface area contributed by atoms with Crippen LogP contribution in [-0.4, -0.2) is 62.2 Å². The van der Waals surface area contributed by atoms with Gasteiger partial charge in [-0.15, -0.1) is 0 Å². The summed E-state index contributed by atoms with van der Waals surface area (Å²) in [6.45, 7) is 9.44. The van der Waals surface area contributed by atoms with Crippen LogP contribution in [0.3, 0.4) is 0 Å². The minimum Gasteiger partial charge on any atom is -0.459 e. The number of Topliss-reactive ketones (excluding diaryl/α,β-unsaturated/α-hetero) is 1. The topological polar surface area (TPSA) is 117 Å². The van der Waals surface area contributed by atoms with E-state index in [1.807, 2.05) is 26.8 Å². The van der Waals surface area contributed by atoms with Gasteiger partial charge in [0.2, 0.25) is 0 Å². The van der Waals surface area contributed by atoms with E-state index in [4.69, 9.17) is 9.47 Å². The summed E-state index contributed by atoms with van der Waals surface area (Å²) in [6, 6.07) is 0. The van der Waals surface area contributed by atoms with Crippen LogP contribution in [0.2, 0.25) is 0 Å². The average molecular weight is 517 g/mol. The van der Waals surface area contributed by atoms with E-state index >= 15 is 0 Å². The molecule has 5 rings (SSSR count). The number of aliphatic hydroxyl groups is 3. The molecule has 0 aromatic heterocycles. The van der Waals surface area contributed by atoms with Crippen molar-refractivity contribution in [2.24, 2.45) is 23.2 Å². The molecule has 0 aromatic carbocycles. The van der Waals surface area contributed by atoms with Gasteiger partial charge in [-0.1, -0.05) is 72.3 Å². The van der Waals surface area contributed by atoms with Crippen LogP contribution in [0, 0.1) is 23.2 Å². The number of hydrogen-bond acceptors (Lipinski definition) is 7. The second kappa shape index (κ2) is 8.73. The zero-order valence-electron chi connectivity index (χ0n) is 23.0. The van der Waals surface area contributed by atoms with E-state index in [0.717, 1.165) is 19.3 Å². The first-order valence-electron chi connectivity index (χ1n) is 14.3. The molecule has 8 atom stereocenters. The number of epoxide rings is 1. The summed E-state index contributed by atoms with van der Waals surface area (Å²) >= 11 is 0. The Bertz CT molecular complexity index is 1040. The number of rotatable bonds is 10. The zero-order valence-corrected chi connectivity index (χ0v) is 23.0. The van der Waals surface area contributed by atoms with Crippen LogP contribution in [-0.2, 0) is 19.1 Å². The second-order valence-corrected chi connectivity index (χ2v) is 12.9. The SMILES string of the molecule is CCCCCCCCCC(=O)O[C@@H]1[C@@H](C)[C@]23O[C@]24C=C(C)C(=O)[C@@]4(O)CC(CO)=C[C@H]3[C@H]2C(C)(C)[C@]12O. The van der Waals surface area contributed by atoms with Crippen LogP contribution in [0.5, 0.6) is 0 Å². The van der Waals surface area contributed by atoms with Crippen molar-refractivity contribution in [2.45, 2.75) is 121 Å². The lowest BCUT2D eigenvalue weighted by Gasteiger charge is -2.43. The van der Waals surface area contributed by atoms with E-state index in [1.54, 1.807) is 13.0 Å². The van der Waals surface area contributed by atoms with Gasteiger partial charge in [0.15, 0.2) is 17.0 Å². The molecule has 0 aromatic rings. The maximum absolute atomic E-state index is 13.2. The van der Waals surface area contributed by atoms with Gasteiger partial charge in [-0.05, 0) is 30.6 Å². The molecule has 1 saturated heterocycles. The smallest absolute Gasteiger partial charge is 0.306 e. The van der Waals surface area contributed by atoms with Gasteiger partial charge in [0.05, 0.1) is 6.61 Å². The van der Waals surface area contributed by atoms with E-state index in [9.17, 15) is 24.9 Å². The van der Waals surface area contributed by atoms with E-state index < -0.39 is 39.8 Å². The summed E-state index contributed by atoms with van der Waals surface area (Å²) in [5.41, 5.74) is -4.92. The Morgan fingerprint density at radius 2 is 1.78 bits per heavy atom. The molecular weight excluding hydrogens is 472 g/mol. The molecule has 5 aliphatic rings.